The Morgan fingerprint density at radius 2 is 1.74 bits per heavy atom. The van der Waals surface area contributed by atoms with Crippen LogP contribution in [0, 0.1) is 0 Å². The number of hydrogen-bond donors (Lipinski definition) is 1. The van der Waals surface area contributed by atoms with Gasteiger partial charge in [-0.05, 0) is 61.9 Å². The Hall–Kier alpha value is -3.00. The highest BCUT2D eigenvalue weighted by molar-refractivity contribution is 8.15. The second-order valence-electron chi connectivity index (χ2n) is 7.91. The first-order chi connectivity index (χ1) is 16.5. The first-order valence-electron chi connectivity index (χ1n) is 11.8. The molecule has 1 aliphatic heterocycles. The summed E-state index contributed by atoms with van der Waals surface area (Å²) in [6.45, 7) is 5.33. The summed E-state index contributed by atoms with van der Waals surface area (Å²) >= 11 is 1.28. The van der Waals surface area contributed by atoms with Crippen LogP contribution in [0.1, 0.15) is 46.0 Å². The average molecular weight is 484 g/mol. The van der Waals surface area contributed by atoms with E-state index in [0.717, 1.165) is 30.0 Å². The van der Waals surface area contributed by atoms with E-state index in [4.69, 9.17) is 9.47 Å². The van der Waals surface area contributed by atoms with E-state index in [2.05, 4.69) is 17.2 Å². The van der Waals surface area contributed by atoms with Crippen LogP contribution in [0.25, 0.3) is 0 Å². The molecule has 0 bridgehead atoms. The largest absolute Gasteiger partial charge is 0.497 e. The number of benzene rings is 2. The number of anilines is 2. The lowest BCUT2D eigenvalue weighted by atomic mass is 10.2. The van der Waals surface area contributed by atoms with Crippen LogP contribution < -0.4 is 19.7 Å². The Labute approximate surface area is 205 Å². The second-order valence-corrected chi connectivity index (χ2v) is 9.11. The number of nitrogens with one attached hydrogen (secondary N) is 1. The number of rotatable bonds is 11. The van der Waals surface area contributed by atoms with Crippen molar-refractivity contribution in [3.05, 3.63) is 48.5 Å². The molecule has 0 saturated carbocycles. The molecule has 8 heteroatoms. The van der Waals surface area contributed by atoms with Crippen LogP contribution >= 0.6 is 11.8 Å². The van der Waals surface area contributed by atoms with Gasteiger partial charge in [0.05, 0.1) is 19.4 Å². The second kappa shape index (κ2) is 13.0. The summed E-state index contributed by atoms with van der Waals surface area (Å²) in [7, 11) is 1.62. The fourth-order valence-corrected chi connectivity index (χ4v) is 4.64. The molecule has 1 aliphatic rings. The van der Waals surface area contributed by atoms with Crippen LogP contribution in [0.5, 0.6) is 11.5 Å². The van der Waals surface area contributed by atoms with Crippen LogP contribution in [0.3, 0.4) is 0 Å². The molecule has 3 rings (SSSR count). The average Bonchev–Trinajstić information content (AvgIpc) is 3.12. The summed E-state index contributed by atoms with van der Waals surface area (Å²) in [6.07, 6.45) is 4.70. The fourth-order valence-electron chi connectivity index (χ4n) is 3.56. The van der Waals surface area contributed by atoms with Crippen molar-refractivity contribution < 1.29 is 19.1 Å². The number of methoxy groups -OCH3 is 1. The molecule has 1 saturated heterocycles. The number of hydrogen-bond acceptors (Lipinski definition) is 6. The predicted molar refractivity (Wildman–Crippen MR) is 139 cm³/mol. The van der Waals surface area contributed by atoms with Crippen molar-refractivity contribution in [2.75, 3.05) is 30.5 Å². The SMILES string of the molecule is CCCCCCOc1ccc(N2C(=O)C[C@H](SC(=NCC)Nc3ccc(OC)cc3)C2=O)cc1. The van der Waals surface area contributed by atoms with Gasteiger partial charge in [0.1, 0.15) is 16.7 Å². The van der Waals surface area contributed by atoms with E-state index in [1.165, 1.54) is 29.5 Å². The van der Waals surface area contributed by atoms with Gasteiger partial charge in [-0.3, -0.25) is 14.6 Å². The van der Waals surface area contributed by atoms with Gasteiger partial charge in [-0.15, -0.1) is 0 Å². The highest BCUT2D eigenvalue weighted by atomic mass is 32.2. The van der Waals surface area contributed by atoms with E-state index in [1.54, 1.807) is 19.2 Å². The van der Waals surface area contributed by atoms with Crippen LogP contribution in [0.4, 0.5) is 11.4 Å². The first kappa shape index (κ1) is 25.6. The number of carbonyl (C=O) groups excluding carboxylic acids is 2. The number of thioether (sulfide) groups is 1. The molecule has 0 unspecified atom stereocenters. The molecule has 0 aromatic heterocycles. The Morgan fingerprint density at radius 1 is 1.03 bits per heavy atom. The van der Waals surface area contributed by atoms with Gasteiger partial charge in [-0.1, -0.05) is 37.9 Å². The van der Waals surface area contributed by atoms with Gasteiger partial charge in [-0.2, -0.15) is 0 Å². The number of carbonyl (C=O) groups is 2. The van der Waals surface area contributed by atoms with Crippen molar-refractivity contribution in [2.24, 2.45) is 4.99 Å². The lowest BCUT2D eigenvalue weighted by Crippen LogP contribution is -2.31. The van der Waals surface area contributed by atoms with Gasteiger partial charge in [0.2, 0.25) is 11.8 Å². The molecule has 7 nitrogen and oxygen atoms in total. The number of ether oxygens (including phenoxy) is 2. The maximum absolute atomic E-state index is 13.1. The van der Waals surface area contributed by atoms with E-state index in [1.807, 2.05) is 43.3 Å². The van der Waals surface area contributed by atoms with Crippen molar-refractivity contribution in [2.45, 2.75) is 51.2 Å². The molecule has 0 spiro atoms. The van der Waals surface area contributed by atoms with E-state index >= 15 is 0 Å². The number of aliphatic imine (C=N–C) groups is 1. The van der Waals surface area contributed by atoms with Crippen LogP contribution in [-0.2, 0) is 9.59 Å². The van der Waals surface area contributed by atoms with Crippen molar-refractivity contribution >= 4 is 40.1 Å². The maximum Gasteiger partial charge on any atom is 0.247 e. The predicted octanol–water partition coefficient (Wildman–Crippen LogP) is 5.51. The van der Waals surface area contributed by atoms with E-state index in [-0.39, 0.29) is 18.2 Å². The van der Waals surface area contributed by atoms with Crippen LogP contribution in [0.2, 0.25) is 0 Å². The fraction of sp³-hybridized carbons (Fsp3) is 0.423. The smallest absolute Gasteiger partial charge is 0.247 e. The highest BCUT2D eigenvalue weighted by Gasteiger charge is 2.40. The summed E-state index contributed by atoms with van der Waals surface area (Å²) in [5.74, 6) is 1.05. The number of imide groups is 1. The molecular weight excluding hydrogens is 450 g/mol. The number of nitrogens with zero attached hydrogens (tertiary/aromatic N) is 2. The molecule has 2 aromatic carbocycles. The summed E-state index contributed by atoms with van der Waals surface area (Å²) in [6, 6.07) is 14.6. The third-order valence-corrected chi connectivity index (χ3v) is 6.47. The van der Waals surface area contributed by atoms with Crippen molar-refractivity contribution in [1.29, 1.82) is 0 Å². The molecule has 1 atom stereocenters. The topological polar surface area (TPSA) is 80.2 Å². The van der Waals surface area contributed by atoms with Crippen molar-refractivity contribution in [1.82, 2.24) is 0 Å². The standard InChI is InChI=1S/C26H33N3O4S/c1-4-6-7-8-17-33-22-15-11-20(12-16-22)29-24(30)18-23(25(29)31)34-26(27-5-2)28-19-9-13-21(32-3)14-10-19/h9-16,23H,4-8,17-18H2,1-3H3,(H,27,28)/t23-/m0/s1. The number of amides is 2. The Bertz CT molecular complexity index is 977. The molecule has 1 N–H and O–H groups in total. The monoisotopic (exact) mass is 483 g/mol. The first-order valence-corrected chi connectivity index (χ1v) is 12.7. The molecule has 2 amide bonds. The van der Waals surface area contributed by atoms with E-state index in [0.29, 0.717) is 24.0 Å². The minimum Gasteiger partial charge on any atom is -0.497 e. The van der Waals surface area contributed by atoms with Crippen molar-refractivity contribution in [3.63, 3.8) is 0 Å². The highest BCUT2D eigenvalue weighted by Crippen LogP contribution is 2.32. The molecular formula is C26H33N3O4S. The summed E-state index contributed by atoms with van der Waals surface area (Å²) < 4.78 is 11.0. The molecule has 0 aliphatic carbocycles. The minimum absolute atomic E-state index is 0.131. The van der Waals surface area contributed by atoms with Gasteiger partial charge in [-0.25, -0.2) is 4.90 Å². The lowest BCUT2D eigenvalue weighted by molar-refractivity contribution is -0.121. The lowest BCUT2D eigenvalue weighted by Gasteiger charge is -2.16. The molecule has 2 aromatic rings. The summed E-state index contributed by atoms with van der Waals surface area (Å²) in [4.78, 5) is 31.6. The number of unbranched alkanes of at least 4 members (excludes halogenated alkanes) is 3. The Morgan fingerprint density at radius 3 is 2.38 bits per heavy atom. The van der Waals surface area contributed by atoms with E-state index in [9.17, 15) is 9.59 Å². The van der Waals surface area contributed by atoms with Gasteiger partial charge in [0.25, 0.3) is 0 Å². The maximum atomic E-state index is 13.1. The minimum atomic E-state index is -0.530. The van der Waals surface area contributed by atoms with Gasteiger partial charge < -0.3 is 14.8 Å². The van der Waals surface area contributed by atoms with Gasteiger partial charge in [0.15, 0.2) is 5.17 Å². The molecule has 1 fully saturated rings. The van der Waals surface area contributed by atoms with Gasteiger partial charge >= 0.3 is 0 Å². The zero-order chi connectivity index (χ0) is 24.3. The molecule has 182 valence electrons. The quantitative estimate of drug-likeness (QED) is 0.197. The molecule has 0 radical (unpaired) electrons. The van der Waals surface area contributed by atoms with Crippen molar-refractivity contribution in [3.8, 4) is 11.5 Å². The summed E-state index contributed by atoms with van der Waals surface area (Å²) in [5, 5.41) is 3.32. The van der Waals surface area contributed by atoms with Crippen LogP contribution in [-0.4, -0.2) is 42.5 Å². The zero-order valence-corrected chi connectivity index (χ0v) is 20.9. The molecule has 1 heterocycles. The molecule has 34 heavy (non-hydrogen) atoms. The summed E-state index contributed by atoms with van der Waals surface area (Å²) in [5.41, 5.74) is 1.40. The van der Waals surface area contributed by atoms with Crippen LogP contribution in [0.15, 0.2) is 53.5 Å². The zero-order valence-electron chi connectivity index (χ0n) is 20.1. The van der Waals surface area contributed by atoms with Gasteiger partial charge in [0, 0.05) is 18.7 Å². The Kier molecular flexibility index (Phi) is 9.82. The number of amidine groups is 1. The van der Waals surface area contributed by atoms with E-state index < -0.39 is 5.25 Å². The normalized spacial score (nSPS) is 16.1. The Balaban J connectivity index is 1.60. The third-order valence-electron chi connectivity index (χ3n) is 5.36. The third kappa shape index (κ3) is 7.00.